The van der Waals surface area contributed by atoms with Crippen LogP contribution in [0.2, 0.25) is 5.02 Å². The van der Waals surface area contributed by atoms with Crippen molar-refractivity contribution in [2.24, 2.45) is 0 Å². The highest BCUT2D eigenvalue weighted by molar-refractivity contribution is 6.31. The maximum Gasteiger partial charge on any atom is 0.251 e. The fourth-order valence-electron chi connectivity index (χ4n) is 2.66. The number of nitrogens with zero attached hydrogens (tertiary/aromatic N) is 1. The molecule has 6 nitrogen and oxygen atoms in total. The van der Waals surface area contributed by atoms with Crippen LogP contribution < -0.4 is 16.0 Å². The number of benzene rings is 2. The number of hydrogen-bond donors (Lipinski definition) is 3. The number of rotatable bonds is 6. The summed E-state index contributed by atoms with van der Waals surface area (Å²) in [4.78, 5) is 27.5. The van der Waals surface area contributed by atoms with Crippen LogP contribution in [-0.2, 0) is 4.79 Å². The van der Waals surface area contributed by atoms with E-state index in [1.807, 2.05) is 24.3 Å². The number of anilines is 2. The summed E-state index contributed by atoms with van der Waals surface area (Å²) in [6, 6.07) is 14.2. The van der Waals surface area contributed by atoms with E-state index in [-0.39, 0.29) is 11.8 Å². The highest BCUT2D eigenvalue weighted by Crippen LogP contribution is 2.24. The van der Waals surface area contributed by atoms with Gasteiger partial charge in [0.05, 0.1) is 5.52 Å². The molecule has 138 valence electrons. The van der Waals surface area contributed by atoms with Crippen LogP contribution in [0.5, 0.6) is 0 Å². The highest BCUT2D eigenvalue weighted by Gasteiger charge is 2.06. The van der Waals surface area contributed by atoms with E-state index < -0.39 is 0 Å². The van der Waals surface area contributed by atoms with Crippen LogP contribution in [0.25, 0.3) is 10.9 Å². The Bertz CT molecular complexity index is 973. The topological polar surface area (TPSA) is 83.1 Å². The summed E-state index contributed by atoms with van der Waals surface area (Å²) in [5, 5.41) is 10.4. The zero-order chi connectivity index (χ0) is 19.2. The Balaban J connectivity index is 1.53. The van der Waals surface area contributed by atoms with Gasteiger partial charge in [-0.05, 0) is 48.5 Å². The van der Waals surface area contributed by atoms with Crippen molar-refractivity contribution in [2.75, 3.05) is 23.7 Å². The van der Waals surface area contributed by atoms with Crippen molar-refractivity contribution in [3.8, 4) is 0 Å². The molecular weight excluding hydrogens is 364 g/mol. The number of nitrogens with one attached hydrogen (secondary N) is 3. The van der Waals surface area contributed by atoms with Gasteiger partial charge in [-0.3, -0.25) is 14.6 Å². The molecule has 7 heteroatoms. The molecule has 3 N–H and O–H groups in total. The number of pyridine rings is 1. The molecule has 0 atom stereocenters. The summed E-state index contributed by atoms with van der Waals surface area (Å²) in [7, 11) is 0. The normalized spacial score (nSPS) is 10.4. The lowest BCUT2D eigenvalue weighted by atomic mass is 10.2. The van der Waals surface area contributed by atoms with Gasteiger partial charge < -0.3 is 16.0 Å². The minimum Gasteiger partial charge on any atom is -0.383 e. The zero-order valence-electron chi connectivity index (χ0n) is 14.8. The zero-order valence-corrected chi connectivity index (χ0v) is 15.5. The maximum absolute atomic E-state index is 12.2. The molecular formula is C20H19ClN4O2. The molecule has 3 rings (SSSR count). The fourth-order valence-corrected chi connectivity index (χ4v) is 2.83. The van der Waals surface area contributed by atoms with Gasteiger partial charge in [-0.1, -0.05) is 11.6 Å². The van der Waals surface area contributed by atoms with Crippen LogP contribution in [0.4, 0.5) is 11.4 Å². The number of fused-ring (bicyclic) bond motifs is 1. The molecule has 0 bridgehead atoms. The van der Waals surface area contributed by atoms with Crippen molar-refractivity contribution >= 4 is 45.7 Å². The van der Waals surface area contributed by atoms with Crippen LogP contribution in [0.3, 0.4) is 0 Å². The van der Waals surface area contributed by atoms with Gasteiger partial charge in [0.15, 0.2) is 0 Å². The molecule has 0 aliphatic carbocycles. The lowest BCUT2D eigenvalue weighted by molar-refractivity contribution is -0.114. The minimum atomic E-state index is -0.169. The summed E-state index contributed by atoms with van der Waals surface area (Å²) >= 11 is 6.00. The van der Waals surface area contributed by atoms with Crippen molar-refractivity contribution in [1.82, 2.24) is 10.3 Å². The molecule has 0 aliphatic heterocycles. The lowest BCUT2D eigenvalue weighted by Crippen LogP contribution is -2.28. The summed E-state index contributed by atoms with van der Waals surface area (Å²) in [5.74, 6) is -0.318. The van der Waals surface area contributed by atoms with E-state index in [2.05, 4.69) is 20.9 Å². The smallest absolute Gasteiger partial charge is 0.251 e. The number of carbonyl (C=O) groups is 2. The van der Waals surface area contributed by atoms with Gasteiger partial charge in [-0.25, -0.2) is 0 Å². The van der Waals surface area contributed by atoms with Crippen molar-refractivity contribution in [3.05, 3.63) is 65.3 Å². The number of amides is 2. The molecule has 2 aromatic carbocycles. The molecule has 0 fully saturated rings. The first kappa shape index (κ1) is 18.7. The van der Waals surface area contributed by atoms with Gasteiger partial charge in [0, 0.05) is 53.6 Å². The predicted molar refractivity (Wildman–Crippen MR) is 108 cm³/mol. The Kier molecular flexibility index (Phi) is 5.88. The summed E-state index contributed by atoms with van der Waals surface area (Å²) in [6.45, 7) is 2.47. The minimum absolute atomic E-state index is 0.149. The third-order valence-corrected chi connectivity index (χ3v) is 4.13. The van der Waals surface area contributed by atoms with Crippen molar-refractivity contribution in [1.29, 1.82) is 0 Å². The highest BCUT2D eigenvalue weighted by atomic mass is 35.5. The molecule has 27 heavy (non-hydrogen) atoms. The molecule has 2 amide bonds. The van der Waals surface area contributed by atoms with Crippen LogP contribution in [-0.4, -0.2) is 29.9 Å². The van der Waals surface area contributed by atoms with Crippen LogP contribution in [0, 0.1) is 0 Å². The SMILES string of the molecule is CC(=O)Nc1ccc(C(=O)NCCNc2ccnc3cc(Cl)ccc23)cc1. The Labute approximate surface area is 161 Å². The lowest BCUT2D eigenvalue weighted by Gasteiger charge is -2.11. The molecule has 3 aromatic rings. The van der Waals surface area contributed by atoms with Gasteiger partial charge >= 0.3 is 0 Å². The first-order chi connectivity index (χ1) is 13.0. The average molecular weight is 383 g/mol. The second-order valence-corrected chi connectivity index (χ2v) is 6.40. The predicted octanol–water partition coefficient (Wildman–Crippen LogP) is 3.69. The second kappa shape index (κ2) is 8.51. The Hall–Kier alpha value is -3.12. The van der Waals surface area contributed by atoms with Gasteiger partial charge in [0.25, 0.3) is 5.91 Å². The van der Waals surface area contributed by atoms with Crippen molar-refractivity contribution < 1.29 is 9.59 Å². The number of halogens is 1. The average Bonchev–Trinajstić information content (AvgIpc) is 2.65. The van der Waals surface area contributed by atoms with E-state index in [1.165, 1.54) is 6.92 Å². The molecule has 1 heterocycles. The number of carbonyl (C=O) groups excluding carboxylic acids is 2. The molecule has 0 aliphatic rings. The quantitative estimate of drug-likeness (QED) is 0.568. The fraction of sp³-hybridized carbons (Fsp3) is 0.150. The Morgan fingerprint density at radius 2 is 1.81 bits per heavy atom. The largest absolute Gasteiger partial charge is 0.383 e. The number of aromatic nitrogens is 1. The van der Waals surface area contributed by atoms with E-state index in [9.17, 15) is 9.59 Å². The second-order valence-electron chi connectivity index (χ2n) is 5.96. The van der Waals surface area contributed by atoms with E-state index in [0.717, 1.165) is 16.6 Å². The first-order valence-corrected chi connectivity index (χ1v) is 8.85. The van der Waals surface area contributed by atoms with Gasteiger partial charge in [-0.2, -0.15) is 0 Å². The summed E-state index contributed by atoms with van der Waals surface area (Å²) in [5.41, 5.74) is 2.94. The van der Waals surface area contributed by atoms with Crippen LogP contribution in [0.1, 0.15) is 17.3 Å². The standard InChI is InChI=1S/C20H19ClN4O2/c1-13(26)25-16-5-2-14(3-6-16)20(27)24-11-10-23-18-8-9-22-19-12-15(21)4-7-17(18)19/h2-9,12H,10-11H2,1H3,(H,22,23)(H,24,27)(H,25,26). The third-order valence-electron chi connectivity index (χ3n) is 3.90. The molecule has 0 radical (unpaired) electrons. The van der Waals surface area contributed by atoms with E-state index in [4.69, 9.17) is 11.6 Å². The molecule has 0 saturated carbocycles. The van der Waals surface area contributed by atoms with Crippen molar-refractivity contribution in [3.63, 3.8) is 0 Å². The summed E-state index contributed by atoms with van der Waals surface area (Å²) in [6.07, 6.45) is 1.72. The van der Waals surface area contributed by atoms with Crippen LogP contribution in [0.15, 0.2) is 54.7 Å². The van der Waals surface area contributed by atoms with E-state index in [0.29, 0.717) is 29.4 Å². The van der Waals surface area contributed by atoms with E-state index in [1.54, 1.807) is 30.5 Å². The van der Waals surface area contributed by atoms with E-state index >= 15 is 0 Å². The molecule has 0 unspecified atom stereocenters. The van der Waals surface area contributed by atoms with Crippen LogP contribution >= 0.6 is 11.6 Å². The maximum atomic E-state index is 12.2. The van der Waals surface area contributed by atoms with Gasteiger partial charge in [0.1, 0.15) is 0 Å². The molecule has 1 aromatic heterocycles. The van der Waals surface area contributed by atoms with Gasteiger partial charge in [-0.15, -0.1) is 0 Å². The molecule has 0 spiro atoms. The third kappa shape index (κ3) is 4.95. The first-order valence-electron chi connectivity index (χ1n) is 8.47. The molecule has 0 saturated heterocycles. The Morgan fingerprint density at radius 3 is 2.56 bits per heavy atom. The number of hydrogen-bond acceptors (Lipinski definition) is 4. The van der Waals surface area contributed by atoms with Crippen molar-refractivity contribution in [2.45, 2.75) is 6.92 Å². The van der Waals surface area contributed by atoms with Gasteiger partial charge in [0.2, 0.25) is 5.91 Å². The summed E-state index contributed by atoms with van der Waals surface area (Å²) < 4.78 is 0. The monoisotopic (exact) mass is 382 g/mol. The Morgan fingerprint density at radius 1 is 1.04 bits per heavy atom.